The number of para-hydroxylation sites is 1. The Morgan fingerprint density at radius 3 is 2.40 bits per heavy atom. The Kier molecular flexibility index (Phi) is 4.84. The number of anilines is 3. The van der Waals surface area contributed by atoms with Gasteiger partial charge in [-0.05, 0) is 30.7 Å². The van der Waals surface area contributed by atoms with Crippen LogP contribution in [0.5, 0.6) is 5.75 Å². The summed E-state index contributed by atoms with van der Waals surface area (Å²) in [5.74, 6) is 2.32. The van der Waals surface area contributed by atoms with Crippen molar-refractivity contribution in [3.63, 3.8) is 0 Å². The highest BCUT2D eigenvalue weighted by molar-refractivity contribution is 5.80. The molecule has 0 aliphatic rings. The lowest BCUT2D eigenvalue weighted by Gasteiger charge is -2.16. The number of methoxy groups -OCH3 is 1. The van der Waals surface area contributed by atoms with Crippen LogP contribution in [0.1, 0.15) is 5.56 Å². The van der Waals surface area contributed by atoms with E-state index in [1.807, 2.05) is 74.6 Å². The number of nitrogens with zero attached hydrogens (tertiary/aromatic N) is 3. The largest absolute Gasteiger partial charge is 0.497 e. The second kappa shape index (κ2) is 7.21. The lowest BCUT2D eigenvalue weighted by atomic mass is 10.0. The number of aryl methyl sites for hydroxylation is 1. The standard InChI is InChI=1S/C20H22N4O/c1-14-13-21-20(23-19(14)24(2)3)22-18-8-6-5-7-17(18)15-9-11-16(25-4)12-10-15/h5-13H,1-4H3,(H,21,22,23). The van der Waals surface area contributed by atoms with E-state index in [4.69, 9.17) is 4.74 Å². The molecule has 0 aliphatic heterocycles. The Balaban J connectivity index is 1.95. The van der Waals surface area contributed by atoms with Crippen molar-refractivity contribution in [3.05, 3.63) is 60.3 Å². The van der Waals surface area contributed by atoms with Gasteiger partial charge >= 0.3 is 0 Å². The summed E-state index contributed by atoms with van der Waals surface area (Å²) in [5, 5.41) is 3.34. The maximum absolute atomic E-state index is 5.24. The normalized spacial score (nSPS) is 10.4. The van der Waals surface area contributed by atoms with E-state index in [0.29, 0.717) is 5.95 Å². The van der Waals surface area contributed by atoms with Crippen LogP contribution < -0.4 is 15.0 Å². The Bertz CT molecular complexity index is 860. The molecule has 0 bridgehead atoms. The van der Waals surface area contributed by atoms with Crippen molar-refractivity contribution < 1.29 is 4.74 Å². The minimum absolute atomic E-state index is 0.579. The Labute approximate surface area is 148 Å². The lowest BCUT2D eigenvalue weighted by molar-refractivity contribution is 0.415. The molecule has 3 aromatic rings. The van der Waals surface area contributed by atoms with Crippen LogP contribution in [0.15, 0.2) is 54.7 Å². The molecule has 0 radical (unpaired) electrons. The number of hydrogen-bond donors (Lipinski definition) is 1. The molecule has 0 unspecified atom stereocenters. The molecular formula is C20H22N4O. The van der Waals surface area contributed by atoms with Crippen LogP contribution in [0, 0.1) is 6.92 Å². The van der Waals surface area contributed by atoms with E-state index in [1.54, 1.807) is 7.11 Å². The van der Waals surface area contributed by atoms with Gasteiger partial charge in [-0.1, -0.05) is 30.3 Å². The average Bonchev–Trinajstić information content (AvgIpc) is 2.63. The topological polar surface area (TPSA) is 50.3 Å². The highest BCUT2D eigenvalue weighted by atomic mass is 16.5. The van der Waals surface area contributed by atoms with Gasteiger partial charge in [0.15, 0.2) is 0 Å². The molecule has 0 saturated heterocycles. The van der Waals surface area contributed by atoms with Crippen LogP contribution in [0.2, 0.25) is 0 Å². The third kappa shape index (κ3) is 3.71. The fourth-order valence-corrected chi connectivity index (χ4v) is 2.68. The van der Waals surface area contributed by atoms with E-state index < -0.39 is 0 Å². The summed E-state index contributed by atoms with van der Waals surface area (Å²) < 4.78 is 5.24. The molecule has 128 valence electrons. The third-order valence-corrected chi connectivity index (χ3v) is 3.94. The van der Waals surface area contributed by atoms with Gasteiger partial charge in [0, 0.05) is 37.1 Å². The number of hydrogen-bond acceptors (Lipinski definition) is 5. The quantitative estimate of drug-likeness (QED) is 0.755. The highest BCUT2D eigenvalue weighted by Crippen LogP contribution is 2.31. The second-order valence-corrected chi connectivity index (χ2v) is 5.99. The van der Waals surface area contributed by atoms with E-state index in [2.05, 4.69) is 21.4 Å². The fourth-order valence-electron chi connectivity index (χ4n) is 2.68. The van der Waals surface area contributed by atoms with Crippen LogP contribution in [-0.2, 0) is 0 Å². The zero-order valence-electron chi connectivity index (χ0n) is 14.9. The van der Waals surface area contributed by atoms with E-state index in [-0.39, 0.29) is 0 Å². The molecule has 5 nitrogen and oxygen atoms in total. The first-order chi connectivity index (χ1) is 12.1. The summed E-state index contributed by atoms with van der Waals surface area (Å²) >= 11 is 0. The zero-order chi connectivity index (χ0) is 17.8. The smallest absolute Gasteiger partial charge is 0.229 e. The molecule has 1 N–H and O–H groups in total. The van der Waals surface area contributed by atoms with E-state index in [9.17, 15) is 0 Å². The van der Waals surface area contributed by atoms with Crippen molar-refractivity contribution in [1.82, 2.24) is 9.97 Å². The summed E-state index contributed by atoms with van der Waals surface area (Å²) in [4.78, 5) is 11.0. The van der Waals surface area contributed by atoms with Gasteiger partial charge in [0.05, 0.1) is 7.11 Å². The Morgan fingerprint density at radius 1 is 1.00 bits per heavy atom. The van der Waals surface area contributed by atoms with Crippen molar-refractivity contribution in [1.29, 1.82) is 0 Å². The van der Waals surface area contributed by atoms with Crippen molar-refractivity contribution in [3.8, 4) is 16.9 Å². The van der Waals surface area contributed by atoms with Crippen LogP contribution >= 0.6 is 0 Å². The SMILES string of the molecule is COc1ccc(-c2ccccc2Nc2ncc(C)c(N(C)C)n2)cc1. The van der Waals surface area contributed by atoms with Crippen LogP contribution in [0.25, 0.3) is 11.1 Å². The van der Waals surface area contributed by atoms with Crippen LogP contribution in [0.4, 0.5) is 17.5 Å². The van der Waals surface area contributed by atoms with Gasteiger partial charge in [0.2, 0.25) is 5.95 Å². The predicted molar refractivity (Wildman–Crippen MR) is 103 cm³/mol. The minimum Gasteiger partial charge on any atom is -0.497 e. The first-order valence-corrected chi connectivity index (χ1v) is 8.10. The first kappa shape index (κ1) is 16.8. The summed E-state index contributed by atoms with van der Waals surface area (Å²) in [6.45, 7) is 2.00. The van der Waals surface area contributed by atoms with Gasteiger partial charge < -0.3 is 15.0 Å². The second-order valence-electron chi connectivity index (χ2n) is 5.99. The Morgan fingerprint density at radius 2 is 1.72 bits per heavy atom. The summed E-state index contributed by atoms with van der Waals surface area (Å²) in [5.41, 5.74) is 4.18. The number of rotatable bonds is 5. The molecule has 0 fully saturated rings. The average molecular weight is 334 g/mol. The maximum atomic E-state index is 5.24. The summed E-state index contributed by atoms with van der Waals surface area (Å²) in [6, 6.07) is 16.1. The molecule has 1 heterocycles. The minimum atomic E-state index is 0.579. The predicted octanol–water partition coefficient (Wildman–Crippen LogP) is 4.27. The lowest BCUT2D eigenvalue weighted by Crippen LogP contribution is -2.13. The number of ether oxygens (including phenoxy) is 1. The van der Waals surface area contributed by atoms with Crippen molar-refractivity contribution in [2.24, 2.45) is 0 Å². The summed E-state index contributed by atoms with van der Waals surface area (Å²) in [7, 11) is 5.62. The highest BCUT2D eigenvalue weighted by Gasteiger charge is 2.09. The summed E-state index contributed by atoms with van der Waals surface area (Å²) in [6.07, 6.45) is 1.83. The number of nitrogens with one attached hydrogen (secondary N) is 1. The van der Waals surface area contributed by atoms with Gasteiger partial charge in [-0.25, -0.2) is 4.98 Å². The third-order valence-electron chi connectivity index (χ3n) is 3.94. The van der Waals surface area contributed by atoms with Gasteiger partial charge in [0.1, 0.15) is 11.6 Å². The molecule has 3 rings (SSSR count). The molecule has 25 heavy (non-hydrogen) atoms. The van der Waals surface area contributed by atoms with E-state index >= 15 is 0 Å². The van der Waals surface area contributed by atoms with E-state index in [1.165, 1.54) is 0 Å². The molecule has 1 aromatic heterocycles. The first-order valence-electron chi connectivity index (χ1n) is 8.10. The molecule has 0 spiro atoms. The zero-order valence-corrected chi connectivity index (χ0v) is 14.9. The molecule has 0 aliphatic carbocycles. The van der Waals surface area contributed by atoms with Crippen molar-refractivity contribution in [2.45, 2.75) is 6.92 Å². The number of benzene rings is 2. The van der Waals surface area contributed by atoms with E-state index in [0.717, 1.165) is 33.9 Å². The van der Waals surface area contributed by atoms with Gasteiger partial charge in [-0.15, -0.1) is 0 Å². The Hall–Kier alpha value is -3.08. The van der Waals surface area contributed by atoms with Crippen LogP contribution in [0.3, 0.4) is 0 Å². The molecule has 5 heteroatoms. The molecule has 2 aromatic carbocycles. The molecule has 0 saturated carbocycles. The fraction of sp³-hybridized carbons (Fsp3) is 0.200. The van der Waals surface area contributed by atoms with Gasteiger partial charge in [-0.2, -0.15) is 4.98 Å². The molecule has 0 amide bonds. The molecule has 0 atom stereocenters. The molecular weight excluding hydrogens is 312 g/mol. The number of aromatic nitrogens is 2. The van der Waals surface area contributed by atoms with Crippen molar-refractivity contribution >= 4 is 17.5 Å². The van der Waals surface area contributed by atoms with Crippen LogP contribution in [-0.4, -0.2) is 31.2 Å². The van der Waals surface area contributed by atoms with Crippen molar-refractivity contribution in [2.75, 3.05) is 31.4 Å². The maximum Gasteiger partial charge on any atom is 0.229 e. The van der Waals surface area contributed by atoms with Gasteiger partial charge in [-0.3, -0.25) is 0 Å². The monoisotopic (exact) mass is 334 g/mol. The van der Waals surface area contributed by atoms with Gasteiger partial charge in [0.25, 0.3) is 0 Å².